The standard InChI is InChI=1S/C14H15FO2/c15-11-1-3-13(4-2-11)17-14-7-9-5-12(16)6-10(9)8-14/h1-4,9-10,14H,5-8H2/t9-,10+,14?. The Bertz CT molecular complexity index is 410. The first-order valence-electron chi connectivity index (χ1n) is 6.14. The van der Waals surface area contributed by atoms with E-state index in [1.807, 2.05) is 0 Å². The van der Waals surface area contributed by atoms with Crippen LogP contribution in [0.2, 0.25) is 0 Å². The number of ketones is 1. The molecule has 3 rings (SSSR count). The van der Waals surface area contributed by atoms with Gasteiger partial charge in [0, 0.05) is 12.8 Å². The minimum Gasteiger partial charge on any atom is -0.490 e. The van der Waals surface area contributed by atoms with Crippen molar-refractivity contribution < 1.29 is 13.9 Å². The Morgan fingerprint density at radius 1 is 1.06 bits per heavy atom. The van der Waals surface area contributed by atoms with Crippen molar-refractivity contribution in [3.63, 3.8) is 0 Å². The third kappa shape index (κ3) is 2.19. The number of fused-ring (bicyclic) bond motifs is 1. The van der Waals surface area contributed by atoms with Crippen LogP contribution in [0.1, 0.15) is 25.7 Å². The van der Waals surface area contributed by atoms with E-state index in [0.717, 1.165) is 31.4 Å². The van der Waals surface area contributed by atoms with Gasteiger partial charge in [-0.15, -0.1) is 0 Å². The minimum absolute atomic E-state index is 0.198. The predicted molar refractivity (Wildman–Crippen MR) is 61.3 cm³/mol. The van der Waals surface area contributed by atoms with Crippen molar-refractivity contribution >= 4 is 5.78 Å². The number of benzene rings is 1. The molecule has 0 radical (unpaired) electrons. The van der Waals surface area contributed by atoms with Crippen LogP contribution in [0.5, 0.6) is 5.75 Å². The monoisotopic (exact) mass is 234 g/mol. The van der Waals surface area contributed by atoms with Gasteiger partial charge in [-0.05, 0) is 48.9 Å². The molecular formula is C14H15FO2. The third-order valence-electron chi connectivity index (χ3n) is 3.89. The molecule has 17 heavy (non-hydrogen) atoms. The number of carbonyl (C=O) groups excluding carboxylic acids is 1. The zero-order valence-electron chi connectivity index (χ0n) is 9.56. The van der Waals surface area contributed by atoms with E-state index < -0.39 is 0 Å². The lowest BCUT2D eigenvalue weighted by Crippen LogP contribution is -2.13. The molecule has 0 bridgehead atoms. The summed E-state index contributed by atoms with van der Waals surface area (Å²) in [6.45, 7) is 0. The van der Waals surface area contributed by atoms with Crippen molar-refractivity contribution in [2.45, 2.75) is 31.8 Å². The van der Waals surface area contributed by atoms with Crippen molar-refractivity contribution in [3.05, 3.63) is 30.1 Å². The average molecular weight is 234 g/mol. The Balaban J connectivity index is 1.61. The van der Waals surface area contributed by atoms with Crippen LogP contribution < -0.4 is 4.74 Å². The lowest BCUT2D eigenvalue weighted by atomic mass is 10.0. The lowest BCUT2D eigenvalue weighted by Gasteiger charge is -2.14. The van der Waals surface area contributed by atoms with E-state index in [-0.39, 0.29) is 11.9 Å². The molecule has 0 aromatic heterocycles. The van der Waals surface area contributed by atoms with Gasteiger partial charge in [-0.25, -0.2) is 4.39 Å². The van der Waals surface area contributed by atoms with Gasteiger partial charge in [-0.1, -0.05) is 0 Å². The summed E-state index contributed by atoms with van der Waals surface area (Å²) >= 11 is 0. The lowest BCUT2D eigenvalue weighted by molar-refractivity contribution is -0.117. The molecule has 2 saturated carbocycles. The molecule has 0 saturated heterocycles. The second-order valence-electron chi connectivity index (χ2n) is 5.13. The maximum atomic E-state index is 12.7. The molecule has 1 unspecified atom stereocenters. The first-order chi connectivity index (χ1) is 8.20. The van der Waals surface area contributed by atoms with Gasteiger partial charge in [-0.3, -0.25) is 4.79 Å². The molecule has 3 heteroatoms. The van der Waals surface area contributed by atoms with E-state index in [2.05, 4.69) is 0 Å². The number of hydrogen-bond donors (Lipinski definition) is 0. The van der Waals surface area contributed by atoms with E-state index in [9.17, 15) is 9.18 Å². The third-order valence-corrected chi connectivity index (χ3v) is 3.89. The molecule has 0 heterocycles. The van der Waals surface area contributed by atoms with Crippen molar-refractivity contribution in [3.8, 4) is 5.75 Å². The van der Waals surface area contributed by atoms with Crippen LogP contribution in [0.4, 0.5) is 4.39 Å². The molecule has 0 N–H and O–H groups in total. The summed E-state index contributed by atoms with van der Waals surface area (Å²) in [6.07, 6.45) is 3.59. The van der Waals surface area contributed by atoms with E-state index >= 15 is 0 Å². The van der Waals surface area contributed by atoms with Gasteiger partial charge >= 0.3 is 0 Å². The highest BCUT2D eigenvalue weighted by atomic mass is 19.1. The first kappa shape index (κ1) is 10.8. The van der Waals surface area contributed by atoms with Gasteiger partial charge in [0.15, 0.2) is 0 Å². The molecule has 1 aromatic carbocycles. The maximum Gasteiger partial charge on any atom is 0.133 e. The zero-order chi connectivity index (χ0) is 11.8. The SMILES string of the molecule is O=C1C[C@@H]2CC(Oc3ccc(F)cc3)C[C@@H]2C1. The number of Topliss-reactive ketones (excluding diaryl/α,β-unsaturated/α-hetero) is 1. The van der Waals surface area contributed by atoms with Crippen LogP contribution >= 0.6 is 0 Å². The van der Waals surface area contributed by atoms with Gasteiger partial charge < -0.3 is 4.74 Å². The van der Waals surface area contributed by atoms with Gasteiger partial charge in [0.25, 0.3) is 0 Å². The first-order valence-corrected chi connectivity index (χ1v) is 6.14. The molecule has 2 aliphatic carbocycles. The predicted octanol–water partition coefficient (Wildman–Crippen LogP) is 2.96. The number of rotatable bonds is 2. The van der Waals surface area contributed by atoms with E-state index in [0.29, 0.717) is 17.6 Å². The maximum absolute atomic E-state index is 12.7. The van der Waals surface area contributed by atoms with E-state index in [1.165, 1.54) is 12.1 Å². The van der Waals surface area contributed by atoms with Crippen LogP contribution in [-0.4, -0.2) is 11.9 Å². The minimum atomic E-state index is -0.244. The van der Waals surface area contributed by atoms with Gasteiger partial charge in [-0.2, -0.15) is 0 Å². The number of halogens is 1. The van der Waals surface area contributed by atoms with Crippen molar-refractivity contribution in [1.29, 1.82) is 0 Å². The van der Waals surface area contributed by atoms with Gasteiger partial charge in [0.05, 0.1) is 6.10 Å². The number of ether oxygens (including phenoxy) is 1. The smallest absolute Gasteiger partial charge is 0.133 e. The molecule has 1 aromatic rings. The van der Waals surface area contributed by atoms with Crippen LogP contribution in [0.3, 0.4) is 0 Å². The molecule has 3 atom stereocenters. The Kier molecular flexibility index (Phi) is 2.61. The molecule has 2 nitrogen and oxygen atoms in total. The summed E-state index contributed by atoms with van der Waals surface area (Å²) in [7, 11) is 0. The Hall–Kier alpha value is -1.38. The summed E-state index contributed by atoms with van der Waals surface area (Å²) < 4.78 is 18.6. The number of hydrogen-bond acceptors (Lipinski definition) is 2. The fourth-order valence-corrected chi connectivity index (χ4v) is 3.13. The normalized spacial score (nSPS) is 31.6. The quantitative estimate of drug-likeness (QED) is 0.786. The van der Waals surface area contributed by atoms with Gasteiger partial charge in [0.2, 0.25) is 0 Å². The van der Waals surface area contributed by atoms with Crippen molar-refractivity contribution in [2.75, 3.05) is 0 Å². The van der Waals surface area contributed by atoms with Crippen LogP contribution in [0.15, 0.2) is 24.3 Å². The topological polar surface area (TPSA) is 26.3 Å². The second-order valence-corrected chi connectivity index (χ2v) is 5.13. The van der Waals surface area contributed by atoms with Crippen molar-refractivity contribution in [2.24, 2.45) is 11.8 Å². The number of carbonyl (C=O) groups is 1. The summed E-state index contributed by atoms with van der Waals surface area (Å²) in [4.78, 5) is 11.3. The fourth-order valence-electron chi connectivity index (χ4n) is 3.13. The van der Waals surface area contributed by atoms with Crippen molar-refractivity contribution in [1.82, 2.24) is 0 Å². The molecular weight excluding hydrogens is 219 g/mol. The molecule has 0 spiro atoms. The van der Waals surface area contributed by atoms with Crippen LogP contribution in [-0.2, 0) is 4.79 Å². The summed E-state index contributed by atoms with van der Waals surface area (Å²) in [6, 6.07) is 6.15. The molecule has 0 aliphatic heterocycles. The van der Waals surface area contributed by atoms with Gasteiger partial charge in [0.1, 0.15) is 17.3 Å². The van der Waals surface area contributed by atoms with E-state index in [4.69, 9.17) is 4.74 Å². The highest BCUT2D eigenvalue weighted by Gasteiger charge is 2.41. The average Bonchev–Trinajstić information content (AvgIpc) is 2.78. The van der Waals surface area contributed by atoms with Crippen LogP contribution in [0.25, 0.3) is 0 Å². The largest absolute Gasteiger partial charge is 0.490 e. The summed E-state index contributed by atoms with van der Waals surface area (Å²) in [5.41, 5.74) is 0. The van der Waals surface area contributed by atoms with E-state index in [1.54, 1.807) is 12.1 Å². The fraction of sp³-hybridized carbons (Fsp3) is 0.500. The second kappa shape index (κ2) is 4.13. The molecule has 2 fully saturated rings. The van der Waals surface area contributed by atoms with Crippen LogP contribution in [0, 0.1) is 17.7 Å². The molecule has 0 amide bonds. The highest BCUT2D eigenvalue weighted by Crippen LogP contribution is 2.43. The Labute approximate surface area is 99.8 Å². The zero-order valence-corrected chi connectivity index (χ0v) is 9.56. The summed E-state index contributed by atoms with van der Waals surface area (Å²) in [5.74, 6) is 1.93. The molecule has 2 aliphatic rings. The highest BCUT2D eigenvalue weighted by molar-refractivity contribution is 5.81. The Morgan fingerprint density at radius 2 is 1.65 bits per heavy atom. The summed E-state index contributed by atoms with van der Waals surface area (Å²) in [5, 5.41) is 0. The molecule has 90 valence electrons. The Morgan fingerprint density at radius 3 is 2.24 bits per heavy atom.